The second kappa shape index (κ2) is 10.8. The molecule has 1 aliphatic heterocycles. The Morgan fingerprint density at radius 3 is 2.38 bits per heavy atom. The van der Waals surface area contributed by atoms with Crippen LogP contribution in [0.1, 0.15) is 18.4 Å². The molecule has 3 N–H and O–H groups in total. The Morgan fingerprint density at radius 1 is 1.00 bits per heavy atom. The van der Waals surface area contributed by atoms with Gasteiger partial charge in [-0.2, -0.15) is 0 Å². The first kappa shape index (κ1) is 21.1. The van der Waals surface area contributed by atoms with Gasteiger partial charge >= 0.3 is 0 Å². The molecule has 2 aromatic carbocycles. The lowest BCUT2D eigenvalue weighted by molar-refractivity contribution is -0.918. The van der Waals surface area contributed by atoms with Gasteiger partial charge in [0, 0.05) is 29.5 Å². The van der Waals surface area contributed by atoms with Gasteiger partial charge in [-0.25, -0.2) is 0 Å². The predicted octanol–water partition coefficient (Wildman–Crippen LogP) is 1.20. The Hall–Kier alpha value is -2.57. The Morgan fingerprint density at radius 2 is 1.69 bits per heavy atom. The van der Waals surface area contributed by atoms with E-state index in [9.17, 15) is 9.59 Å². The van der Waals surface area contributed by atoms with E-state index in [1.807, 2.05) is 30.3 Å². The van der Waals surface area contributed by atoms with Crippen molar-refractivity contribution in [1.29, 1.82) is 0 Å². The number of carbonyl (C=O) groups is 2. The molecule has 6 nitrogen and oxygen atoms in total. The summed E-state index contributed by atoms with van der Waals surface area (Å²) in [7, 11) is 0. The van der Waals surface area contributed by atoms with Gasteiger partial charge < -0.3 is 20.3 Å². The van der Waals surface area contributed by atoms with Gasteiger partial charge in [0.1, 0.15) is 12.3 Å². The number of halogens is 1. The molecule has 1 aliphatic rings. The molecule has 0 aromatic heterocycles. The molecule has 1 saturated heterocycles. The van der Waals surface area contributed by atoms with Crippen LogP contribution in [0.2, 0.25) is 5.02 Å². The highest BCUT2D eigenvalue weighted by atomic mass is 35.5. The zero-order valence-electron chi connectivity index (χ0n) is 16.3. The molecule has 0 aliphatic carbocycles. The molecule has 3 rings (SSSR count). The zero-order valence-corrected chi connectivity index (χ0v) is 17.1. The fourth-order valence-corrected chi connectivity index (χ4v) is 3.54. The van der Waals surface area contributed by atoms with E-state index in [-0.39, 0.29) is 31.0 Å². The molecular formula is C22H27ClN3O3+. The first-order valence-electron chi connectivity index (χ1n) is 9.90. The first-order valence-corrected chi connectivity index (χ1v) is 10.3. The maximum Gasteiger partial charge on any atom is 0.258 e. The van der Waals surface area contributed by atoms with Crippen molar-refractivity contribution in [1.82, 2.24) is 10.6 Å². The Balaban J connectivity index is 1.30. The van der Waals surface area contributed by atoms with Gasteiger partial charge in [-0.1, -0.05) is 41.9 Å². The predicted molar refractivity (Wildman–Crippen MR) is 112 cm³/mol. The van der Waals surface area contributed by atoms with Gasteiger partial charge in [0.05, 0.1) is 19.6 Å². The Labute approximate surface area is 176 Å². The lowest BCUT2D eigenvalue weighted by Crippen LogP contribution is -3.12. The van der Waals surface area contributed by atoms with Crippen molar-refractivity contribution >= 4 is 23.4 Å². The Kier molecular flexibility index (Phi) is 7.90. The van der Waals surface area contributed by atoms with Crippen LogP contribution < -0.4 is 20.3 Å². The van der Waals surface area contributed by atoms with Gasteiger partial charge in [-0.05, 0) is 24.3 Å². The number of quaternary nitrogens is 1. The average Bonchev–Trinajstić information content (AvgIpc) is 2.74. The highest BCUT2D eigenvalue weighted by Gasteiger charge is 2.23. The summed E-state index contributed by atoms with van der Waals surface area (Å²) in [6.07, 6.45) is 1.86. The zero-order chi connectivity index (χ0) is 20.5. The lowest BCUT2D eigenvalue weighted by atomic mass is 10.0. The van der Waals surface area contributed by atoms with Crippen LogP contribution in [-0.4, -0.2) is 44.1 Å². The van der Waals surface area contributed by atoms with Crippen LogP contribution in [0.5, 0.6) is 5.75 Å². The van der Waals surface area contributed by atoms with E-state index in [4.69, 9.17) is 16.3 Å². The van der Waals surface area contributed by atoms with Crippen LogP contribution in [-0.2, 0) is 16.1 Å². The quantitative estimate of drug-likeness (QED) is 0.605. The van der Waals surface area contributed by atoms with Crippen molar-refractivity contribution in [2.45, 2.75) is 25.4 Å². The van der Waals surface area contributed by atoms with E-state index >= 15 is 0 Å². The molecule has 29 heavy (non-hydrogen) atoms. The maximum absolute atomic E-state index is 12.1. The van der Waals surface area contributed by atoms with Crippen LogP contribution in [0.25, 0.3) is 0 Å². The summed E-state index contributed by atoms with van der Waals surface area (Å²) in [6, 6.07) is 17.2. The molecule has 7 heteroatoms. The lowest BCUT2D eigenvalue weighted by Gasteiger charge is -2.29. The summed E-state index contributed by atoms with van der Waals surface area (Å²) in [5.41, 5.74) is 1.27. The van der Waals surface area contributed by atoms with E-state index in [2.05, 4.69) is 22.8 Å². The van der Waals surface area contributed by atoms with Gasteiger partial charge in [-0.3, -0.25) is 9.59 Å². The van der Waals surface area contributed by atoms with Crippen LogP contribution in [0, 0.1) is 0 Å². The summed E-state index contributed by atoms with van der Waals surface area (Å²) in [6.45, 7) is 2.84. The van der Waals surface area contributed by atoms with E-state index < -0.39 is 0 Å². The minimum absolute atomic E-state index is 0.0329. The van der Waals surface area contributed by atoms with Crippen LogP contribution >= 0.6 is 11.6 Å². The van der Waals surface area contributed by atoms with Crippen molar-refractivity contribution in [3.05, 3.63) is 65.2 Å². The standard InChI is InChI=1S/C22H26ClN3O3/c23-18-8-6-17(7-9-18)15-26-12-10-19(11-13-26)25-21(27)14-24-22(28)16-29-20-4-2-1-3-5-20/h1-9,19H,10-16H2,(H,24,28)(H,25,27)/p+1. The van der Waals surface area contributed by atoms with Gasteiger partial charge in [0.25, 0.3) is 5.91 Å². The van der Waals surface area contributed by atoms with Gasteiger partial charge in [0.15, 0.2) is 6.61 Å². The summed E-state index contributed by atoms with van der Waals surface area (Å²) >= 11 is 5.93. The second-order valence-corrected chi connectivity index (χ2v) is 7.71. The average molecular weight is 417 g/mol. The van der Waals surface area contributed by atoms with Crippen molar-refractivity contribution in [3.63, 3.8) is 0 Å². The van der Waals surface area contributed by atoms with Crippen molar-refractivity contribution in [2.24, 2.45) is 0 Å². The monoisotopic (exact) mass is 416 g/mol. The second-order valence-electron chi connectivity index (χ2n) is 7.27. The molecule has 0 saturated carbocycles. The molecule has 2 aromatic rings. The molecule has 1 fully saturated rings. The number of piperidine rings is 1. The minimum Gasteiger partial charge on any atom is -0.484 e. The molecule has 0 radical (unpaired) electrons. The Bertz CT molecular complexity index is 791. The summed E-state index contributed by atoms with van der Waals surface area (Å²) in [5.74, 6) is 0.149. The van der Waals surface area contributed by atoms with Gasteiger partial charge in [0.2, 0.25) is 5.91 Å². The van der Waals surface area contributed by atoms with Crippen LogP contribution in [0.15, 0.2) is 54.6 Å². The molecule has 0 atom stereocenters. The van der Waals surface area contributed by atoms with Gasteiger partial charge in [-0.15, -0.1) is 0 Å². The number of para-hydroxylation sites is 1. The van der Waals surface area contributed by atoms with Crippen LogP contribution in [0.3, 0.4) is 0 Å². The highest BCUT2D eigenvalue weighted by molar-refractivity contribution is 6.30. The molecule has 1 heterocycles. The third-order valence-electron chi connectivity index (χ3n) is 4.98. The number of hydrogen-bond acceptors (Lipinski definition) is 3. The molecule has 2 amide bonds. The molecule has 0 spiro atoms. The van der Waals surface area contributed by atoms with Crippen molar-refractivity contribution < 1.29 is 19.2 Å². The van der Waals surface area contributed by atoms with E-state index in [1.165, 1.54) is 10.5 Å². The number of hydrogen-bond donors (Lipinski definition) is 3. The highest BCUT2D eigenvalue weighted by Crippen LogP contribution is 2.09. The van der Waals surface area contributed by atoms with E-state index in [1.54, 1.807) is 12.1 Å². The topological polar surface area (TPSA) is 71.9 Å². The maximum atomic E-state index is 12.1. The van der Waals surface area contributed by atoms with E-state index in [0.717, 1.165) is 37.5 Å². The molecule has 0 unspecified atom stereocenters. The van der Waals surface area contributed by atoms with Crippen molar-refractivity contribution in [2.75, 3.05) is 26.2 Å². The summed E-state index contributed by atoms with van der Waals surface area (Å²) in [5, 5.41) is 6.36. The number of amides is 2. The number of carbonyl (C=O) groups excluding carboxylic acids is 2. The first-order chi connectivity index (χ1) is 14.1. The number of rotatable bonds is 8. The van der Waals surface area contributed by atoms with Crippen LogP contribution in [0.4, 0.5) is 0 Å². The molecule has 154 valence electrons. The fraction of sp³-hybridized carbons (Fsp3) is 0.364. The molecular weight excluding hydrogens is 390 g/mol. The number of ether oxygens (including phenoxy) is 1. The van der Waals surface area contributed by atoms with E-state index in [0.29, 0.717) is 5.75 Å². The normalized spacial score (nSPS) is 18.7. The summed E-state index contributed by atoms with van der Waals surface area (Å²) in [4.78, 5) is 25.4. The largest absolute Gasteiger partial charge is 0.484 e. The molecule has 0 bridgehead atoms. The van der Waals surface area contributed by atoms with Crippen molar-refractivity contribution in [3.8, 4) is 5.75 Å². The number of likely N-dealkylation sites (tertiary alicyclic amines) is 1. The fourth-order valence-electron chi connectivity index (χ4n) is 3.41. The third kappa shape index (κ3) is 7.40. The smallest absolute Gasteiger partial charge is 0.258 e. The summed E-state index contributed by atoms with van der Waals surface area (Å²) < 4.78 is 5.36. The third-order valence-corrected chi connectivity index (χ3v) is 5.24. The minimum atomic E-state index is -0.314. The number of benzene rings is 2. The number of nitrogens with one attached hydrogen (secondary N) is 3. The SMILES string of the molecule is O=C(COc1ccccc1)NCC(=O)NC1CC[NH+](Cc2ccc(Cl)cc2)CC1.